The number of hydrogen-bond donors (Lipinski definition) is 0. The van der Waals surface area contributed by atoms with Crippen LogP contribution in [0.3, 0.4) is 0 Å². The number of para-hydroxylation sites is 3. The lowest BCUT2D eigenvalue weighted by Crippen LogP contribution is -2.26. The van der Waals surface area contributed by atoms with Gasteiger partial charge in [0.05, 0.1) is 27.5 Å². The van der Waals surface area contributed by atoms with E-state index < -0.39 is 5.41 Å². The minimum Gasteiger partial charge on any atom is -0.310 e. The standard InChI is InChI=1S/C67H43N3/c1-3-17-44(18-4-1)45-31-33-47(34-32-45)70-64-30-16-11-25-56(64)58-40-37-50(43-66(58)70)68(49-36-39-57-55-24-10-15-29-63(55)69(65(57)42-49)46-19-5-2-6-20-46)48-35-38-54-53-23-9-14-28-61(53)67(62(54)41-48)59-26-12-7-21-51(59)52-22-8-13-27-60(52)67/h1-43H. The molecule has 13 aromatic rings. The van der Waals surface area contributed by atoms with Crippen LogP contribution in [0.5, 0.6) is 0 Å². The summed E-state index contributed by atoms with van der Waals surface area (Å²) in [5.74, 6) is 0. The molecule has 3 heteroatoms. The Labute approximate surface area is 406 Å². The fourth-order valence-corrected chi connectivity index (χ4v) is 12.4. The Balaban J connectivity index is 1.00. The third-order valence-corrected chi connectivity index (χ3v) is 15.3. The van der Waals surface area contributed by atoms with Crippen LogP contribution in [0.4, 0.5) is 17.1 Å². The summed E-state index contributed by atoms with van der Waals surface area (Å²) in [7, 11) is 0. The van der Waals surface area contributed by atoms with Gasteiger partial charge in [0.1, 0.15) is 0 Å². The van der Waals surface area contributed by atoms with Crippen molar-refractivity contribution in [3.63, 3.8) is 0 Å². The summed E-state index contributed by atoms with van der Waals surface area (Å²) in [5, 5.41) is 4.90. The smallest absolute Gasteiger partial charge is 0.0726 e. The van der Waals surface area contributed by atoms with E-state index in [1.165, 1.54) is 88.2 Å². The van der Waals surface area contributed by atoms with Gasteiger partial charge in [0.2, 0.25) is 0 Å². The molecule has 2 heterocycles. The zero-order chi connectivity index (χ0) is 45.9. The van der Waals surface area contributed by atoms with Gasteiger partial charge in [-0.15, -0.1) is 0 Å². The van der Waals surface area contributed by atoms with Gasteiger partial charge in [0.15, 0.2) is 0 Å². The van der Waals surface area contributed by atoms with E-state index in [9.17, 15) is 0 Å². The van der Waals surface area contributed by atoms with E-state index in [1.807, 2.05) is 0 Å². The monoisotopic (exact) mass is 889 g/mol. The second kappa shape index (κ2) is 14.9. The Hall–Kier alpha value is -9.18. The molecular weight excluding hydrogens is 847 g/mol. The molecule has 0 unspecified atom stereocenters. The van der Waals surface area contributed by atoms with E-state index in [-0.39, 0.29) is 0 Å². The van der Waals surface area contributed by atoms with E-state index >= 15 is 0 Å². The maximum absolute atomic E-state index is 2.51. The van der Waals surface area contributed by atoms with E-state index in [2.05, 4.69) is 275 Å². The van der Waals surface area contributed by atoms with Crippen LogP contribution in [0.15, 0.2) is 261 Å². The highest BCUT2D eigenvalue weighted by Crippen LogP contribution is 2.63. The van der Waals surface area contributed by atoms with Crippen LogP contribution >= 0.6 is 0 Å². The molecule has 3 nitrogen and oxygen atoms in total. The quantitative estimate of drug-likeness (QED) is 0.162. The summed E-state index contributed by atoms with van der Waals surface area (Å²) < 4.78 is 4.87. The van der Waals surface area contributed by atoms with Gasteiger partial charge >= 0.3 is 0 Å². The van der Waals surface area contributed by atoms with Crippen molar-refractivity contribution in [1.82, 2.24) is 9.13 Å². The lowest BCUT2D eigenvalue weighted by Gasteiger charge is -2.32. The van der Waals surface area contributed by atoms with Gasteiger partial charge in [-0.1, -0.05) is 188 Å². The minimum absolute atomic E-state index is 0.479. The van der Waals surface area contributed by atoms with Gasteiger partial charge in [0.25, 0.3) is 0 Å². The van der Waals surface area contributed by atoms with E-state index in [0.29, 0.717) is 0 Å². The van der Waals surface area contributed by atoms with Gasteiger partial charge in [-0.05, 0) is 128 Å². The summed E-state index contributed by atoms with van der Waals surface area (Å²) in [6, 6.07) is 96.7. The predicted molar refractivity (Wildman–Crippen MR) is 292 cm³/mol. The summed E-state index contributed by atoms with van der Waals surface area (Å²) in [6.45, 7) is 0. The number of aromatic nitrogens is 2. The molecule has 2 aromatic heterocycles. The van der Waals surface area contributed by atoms with Crippen LogP contribution in [0, 0.1) is 0 Å². The molecule has 0 saturated carbocycles. The Morgan fingerprint density at radius 3 is 1.19 bits per heavy atom. The SMILES string of the molecule is c1ccc(-c2ccc(-n3c4ccccc4c4ccc(N(c5ccc6c(c5)C5(c7ccccc7-c7ccccc75)c5ccccc5-6)c5ccc6c7ccccc7n(-c7ccccc7)c6c5)cc43)cc2)cc1. The number of benzene rings is 11. The largest absolute Gasteiger partial charge is 0.310 e. The molecule has 2 aliphatic rings. The van der Waals surface area contributed by atoms with Crippen LogP contribution in [-0.2, 0) is 5.41 Å². The lowest BCUT2D eigenvalue weighted by molar-refractivity contribution is 0.793. The third-order valence-electron chi connectivity index (χ3n) is 15.3. The molecule has 70 heavy (non-hydrogen) atoms. The average Bonchev–Trinajstić information content (AvgIpc) is 4.13. The first-order valence-electron chi connectivity index (χ1n) is 24.3. The molecule has 0 fully saturated rings. The maximum Gasteiger partial charge on any atom is 0.0726 e. The van der Waals surface area contributed by atoms with Crippen molar-refractivity contribution in [2.24, 2.45) is 0 Å². The number of nitrogens with zero attached hydrogens (tertiary/aromatic N) is 3. The molecule has 0 radical (unpaired) electrons. The number of fused-ring (bicyclic) bond motifs is 16. The molecule has 11 aromatic carbocycles. The topological polar surface area (TPSA) is 13.1 Å². The Kier molecular flexibility index (Phi) is 8.28. The molecular formula is C67H43N3. The highest BCUT2D eigenvalue weighted by atomic mass is 15.1. The average molecular weight is 890 g/mol. The van der Waals surface area contributed by atoms with E-state index in [0.717, 1.165) is 39.5 Å². The summed E-state index contributed by atoms with van der Waals surface area (Å²) in [6.07, 6.45) is 0. The molecule has 0 saturated heterocycles. The first-order chi connectivity index (χ1) is 34.7. The van der Waals surface area contributed by atoms with Gasteiger partial charge in [0, 0.05) is 50.0 Å². The van der Waals surface area contributed by atoms with Crippen LogP contribution < -0.4 is 4.90 Å². The van der Waals surface area contributed by atoms with Crippen LogP contribution in [0.2, 0.25) is 0 Å². The number of anilines is 3. The Morgan fingerprint density at radius 1 is 0.257 bits per heavy atom. The van der Waals surface area contributed by atoms with Gasteiger partial charge in [-0.2, -0.15) is 0 Å². The molecule has 2 aliphatic carbocycles. The van der Waals surface area contributed by atoms with Crippen molar-refractivity contribution in [3.05, 3.63) is 283 Å². The number of rotatable bonds is 6. The molecule has 0 amide bonds. The Morgan fingerprint density at radius 2 is 0.643 bits per heavy atom. The second-order valence-corrected chi connectivity index (χ2v) is 18.8. The maximum atomic E-state index is 2.51. The Bertz CT molecular complexity index is 4170. The number of hydrogen-bond acceptors (Lipinski definition) is 1. The third kappa shape index (κ3) is 5.40. The van der Waals surface area contributed by atoms with E-state index in [4.69, 9.17) is 0 Å². The molecule has 15 rings (SSSR count). The molecule has 0 bridgehead atoms. The van der Waals surface area contributed by atoms with Crippen LogP contribution in [-0.4, -0.2) is 9.13 Å². The van der Waals surface area contributed by atoms with Gasteiger partial charge in [-0.3, -0.25) is 0 Å². The summed E-state index contributed by atoms with van der Waals surface area (Å²) in [4.78, 5) is 2.50. The first kappa shape index (κ1) is 38.9. The summed E-state index contributed by atoms with van der Waals surface area (Å²) >= 11 is 0. The van der Waals surface area contributed by atoms with Crippen molar-refractivity contribution < 1.29 is 0 Å². The van der Waals surface area contributed by atoms with E-state index in [1.54, 1.807) is 0 Å². The molecule has 0 N–H and O–H groups in total. The molecule has 0 aliphatic heterocycles. The summed E-state index contributed by atoms with van der Waals surface area (Å²) in [5.41, 5.74) is 22.6. The highest BCUT2D eigenvalue weighted by molar-refractivity contribution is 6.12. The van der Waals surface area contributed by atoms with Crippen molar-refractivity contribution in [2.45, 2.75) is 5.41 Å². The zero-order valence-electron chi connectivity index (χ0n) is 38.2. The van der Waals surface area contributed by atoms with Crippen molar-refractivity contribution >= 4 is 60.7 Å². The van der Waals surface area contributed by atoms with Crippen LogP contribution in [0.25, 0.3) is 88.4 Å². The second-order valence-electron chi connectivity index (χ2n) is 18.8. The fraction of sp³-hybridized carbons (Fsp3) is 0.0149. The van der Waals surface area contributed by atoms with Crippen molar-refractivity contribution in [1.29, 1.82) is 0 Å². The zero-order valence-corrected chi connectivity index (χ0v) is 38.2. The highest BCUT2D eigenvalue weighted by Gasteiger charge is 2.51. The van der Waals surface area contributed by atoms with Gasteiger partial charge < -0.3 is 14.0 Å². The van der Waals surface area contributed by atoms with Gasteiger partial charge in [-0.25, -0.2) is 0 Å². The molecule has 326 valence electrons. The molecule has 0 atom stereocenters. The first-order valence-corrected chi connectivity index (χ1v) is 24.3. The lowest BCUT2D eigenvalue weighted by atomic mass is 9.70. The normalized spacial score (nSPS) is 13.0. The van der Waals surface area contributed by atoms with Crippen molar-refractivity contribution in [3.8, 4) is 44.8 Å². The predicted octanol–water partition coefficient (Wildman–Crippen LogP) is 17.4. The van der Waals surface area contributed by atoms with Crippen molar-refractivity contribution in [2.75, 3.05) is 4.90 Å². The fourth-order valence-electron chi connectivity index (χ4n) is 12.4. The molecule has 1 spiro atoms. The van der Waals surface area contributed by atoms with Crippen LogP contribution in [0.1, 0.15) is 22.3 Å². The minimum atomic E-state index is -0.479.